The van der Waals surface area contributed by atoms with E-state index in [0.29, 0.717) is 0 Å². The van der Waals surface area contributed by atoms with E-state index in [9.17, 15) is 0 Å². The summed E-state index contributed by atoms with van der Waals surface area (Å²) < 4.78 is 17.4. The molecule has 3 nitrogen and oxygen atoms in total. The minimum Gasteiger partial charge on any atom is -0.379 e. The summed E-state index contributed by atoms with van der Waals surface area (Å²) in [6, 6.07) is 0. The van der Waals surface area contributed by atoms with Crippen LogP contribution in [0.25, 0.3) is 0 Å². The second kappa shape index (κ2) is 6.36. The topological polar surface area (TPSA) is 27.7 Å². The SMILES string of the molecule is CC(CCC(C)(C)OC1CCOC1)OC(C)(C)C. The first-order valence-corrected chi connectivity index (χ1v) is 7.11. The van der Waals surface area contributed by atoms with E-state index in [-0.39, 0.29) is 23.4 Å². The second-order valence-electron chi connectivity index (χ2n) is 6.94. The average Bonchev–Trinajstić information content (AvgIpc) is 2.64. The van der Waals surface area contributed by atoms with Crippen LogP contribution < -0.4 is 0 Å². The lowest BCUT2D eigenvalue weighted by Gasteiger charge is -2.31. The Bertz CT molecular complexity index is 237. The van der Waals surface area contributed by atoms with Crippen molar-refractivity contribution in [3.05, 3.63) is 0 Å². The predicted octanol–water partition coefficient (Wildman–Crippen LogP) is 3.55. The van der Waals surface area contributed by atoms with Crippen LogP contribution in [0.2, 0.25) is 0 Å². The van der Waals surface area contributed by atoms with Gasteiger partial charge in [0, 0.05) is 6.61 Å². The van der Waals surface area contributed by atoms with Crippen molar-refractivity contribution in [3.63, 3.8) is 0 Å². The van der Waals surface area contributed by atoms with Gasteiger partial charge in [0.25, 0.3) is 0 Å². The van der Waals surface area contributed by atoms with Crippen molar-refractivity contribution in [2.45, 2.75) is 84.2 Å². The fourth-order valence-electron chi connectivity index (χ4n) is 2.33. The Balaban J connectivity index is 2.27. The third kappa shape index (κ3) is 6.72. The number of hydrogen-bond acceptors (Lipinski definition) is 3. The van der Waals surface area contributed by atoms with Gasteiger partial charge in [-0.25, -0.2) is 0 Å². The molecule has 3 heteroatoms. The van der Waals surface area contributed by atoms with Crippen LogP contribution in [-0.4, -0.2) is 36.6 Å². The molecular weight excluding hydrogens is 228 g/mol. The monoisotopic (exact) mass is 258 g/mol. The van der Waals surface area contributed by atoms with Gasteiger partial charge in [0.2, 0.25) is 0 Å². The minimum absolute atomic E-state index is 0.0658. The fourth-order valence-corrected chi connectivity index (χ4v) is 2.33. The molecule has 0 aliphatic carbocycles. The van der Waals surface area contributed by atoms with Gasteiger partial charge in [-0.1, -0.05) is 0 Å². The molecule has 18 heavy (non-hydrogen) atoms. The van der Waals surface area contributed by atoms with Gasteiger partial charge in [0.1, 0.15) is 0 Å². The highest BCUT2D eigenvalue weighted by Gasteiger charge is 2.27. The van der Waals surface area contributed by atoms with E-state index in [4.69, 9.17) is 14.2 Å². The molecule has 0 saturated carbocycles. The lowest BCUT2D eigenvalue weighted by molar-refractivity contribution is -0.0957. The zero-order valence-corrected chi connectivity index (χ0v) is 12.9. The largest absolute Gasteiger partial charge is 0.379 e. The number of hydrogen-bond donors (Lipinski definition) is 0. The average molecular weight is 258 g/mol. The maximum Gasteiger partial charge on any atom is 0.0837 e. The third-order valence-corrected chi connectivity index (χ3v) is 3.08. The summed E-state index contributed by atoms with van der Waals surface area (Å²) >= 11 is 0. The van der Waals surface area contributed by atoms with Crippen molar-refractivity contribution < 1.29 is 14.2 Å². The number of rotatable bonds is 6. The van der Waals surface area contributed by atoms with E-state index in [1.54, 1.807) is 0 Å². The van der Waals surface area contributed by atoms with Crippen molar-refractivity contribution >= 4 is 0 Å². The van der Waals surface area contributed by atoms with Crippen LogP contribution in [0.3, 0.4) is 0 Å². The standard InChI is InChI=1S/C15H30O3/c1-12(17-14(2,3)4)7-9-15(5,6)18-13-8-10-16-11-13/h12-13H,7-11H2,1-6H3. The highest BCUT2D eigenvalue weighted by Crippen LogP contribution is 2.25. The molecule has 0 aromatic carbocycles. The molecule has 0 N–H and O–H groups in total. The smallest absolute Gasteiger partial charge is 0.0837 e. The zero-order valence-electron chi connectivity index (χ0n) is 12.9. The highest BCUT2D eigenvalue weighted by atomic mass is 16.6. The van der Waals surface area contributed by atoms with Crippen molar-refractivity contribution in [1.29, 1.82) is 0 Å². The van der Waals surface area contributed by atoms with Crippen LogP contribution in [0.4, 0.5) is 0 Å². The molecule has 1 saturated heterocycles. The first-order chi connectivity index (χ1) is 8.18. The summed E-state index contributed by atoms with van der Waals surface area (Å²) in [5.41, 5.74) is -0.155. The Morgan fingerprint density at radius 1 is 1.22 bits per heavy atom. The van der Waals surface area contributed by atoms with Crippen LogP contribution >= 0.6 is 0 Å². The molecule has 0 radical (unpaired) electrons. The maximum absolute atomic E-state index is 6.10. The van der Waals surface area contributed by atoms with Gasteiger partial charge in [-0.15, -0.1) is 0 Å². The quantitative estimate of drug-likeness (QED) is 0.729. The minimum atomic E-state index is -0.0894. The molecule has 108 valence electrons. The van der Waals surface area contributed by atoms with Gasteiger partial charge in [0.15, 0.2) is 0 Å². The van der Waals surface area contributed by atoms with Crippen LogP contribution in [0, 0.1) is 0 Å². The van der Waals surface area contributed by atoms with E-state index in [2.05, 4.69) is 41.5 Å². The number of ether oxygens (including phenoxy) is 3. The Kier molecular flexibility index (Phi) is 5.63. The molecule has 0 aromatic heterocycles. The third-order valence-electron chi connectivity index (χ3n) is 3.08. The van der Waals surface area contributed by atoms with Crippen LogP contribution in [0.5, 0.6) is 0 Å². The summed E-state index contributed by atoms with van der Waals surface area (Å²) in [5.74, 6) is 0. The van der Waals surface area contributed by atoms with Gasteiger partial charge >= 0.3 is 0 Å². The Morgan fingerprint density at radius 2 is 1.89 bits per heavy atom. The van der Waals surface area contributed by atoms with E-state index in [1.165, 1.54) is 0 Å². The molecule has 2 atom stereocenters. The molecule has 1 rings (SSSR count). The second-order valence-corrected chi connectivity index (χ2v) is 6.94. The maximum atomic E-state index is 6.10. The predicted molar refractivity (Wildman–Crippen MR) is 73.9 cm³/mol. The van der Waals surface area contributed by atoms with Crippen molar-refractivity contribution in [2.75, 3.05) is 13.2 Å². The van der Waals surface area contributed by atoms with Crippen LogP contribution in [0.15, 0.2) is 0 Å². The summed E-state index contributed by atoms with van der Waals surface area (Å²) in [6.45, 7) is 14.3. The summed E-state index contributed by atoms with van der Waals surface area (Å²) in [6.07, 6.45) is 3.61. The van der Waals surface area contributed by atoms with Crippen molar-refractivity contribution in [1.82, 2.24) is 0 Å². The molecule has 0 amide bonds. The first kappa shape index (κ1) is 15.9. The molecule has 0 aromatic rings. The van der Waals surface area contributed by atoms with Crippen molar-refractivity contribution in [3.8, 4) is 0 Å². The van der Waals surface area contributed by atoms with Crippen LogP contribution in [0.1, 0.15) is 60.8 Å². The molecule has 1 heterocycles. The Labute approximate surface area is 112 Å². The van der Waals surface area contributed by atoms with Gasteiger partial charge < -0.3 is 14.2 Å². The van der Waals surface area contributed by atoms with Gasteiger partial charge in [-0.3, -0.25) is 0 Å². The van der Waals surface area contributed by atoms with Gasteiger partial charge in [-0.05, 0) is 60.8 Å². The highest BCUT2D eigenvalue weighted by molar-refractivity contribution is 4.76. The van der Waals surface area contributed by atoms with Crippen molar-refractivity contribution in [2.24, 2.45) is 0 Å². The summed E-state index contributed by atoms with van der Waals surface area (Å²) in [5, 5.41) is 0. The van der Waals surface area contributed by atoms with E-state index in [0.717, 1.165) is 32.5 Å². The zero-order chi connectivity index (χ0) is 13.8. The summed E-state index contributed by atoms with van der Waals surface area (Å²) in [7, 11) is 0. The molecule has 1 aliphatic rings. The Morgan fingerprint density at radius 3 is 2.39 bits per heavy atom. The normalized spacial score (nSPS) is 23.3. The molecule has 1 aliphatic heterocycles. The van der Waals surface area contributed by atoms with Gasteiger partial charge in [-0.2, -0.15) is 0 Å². The van der Waals surface area contributed by atoms with E-state index < -0.39 is 0 Å². The molecule has 0 bridgehead atoms. The Hall–Kier alpha value is -0.120. The fraction of sp³-hybridized carbons (Fsp3) is 1.00. The first-order valence-electron chi connectivity index (χ1n) is 7.11. The molecule has 2 unspecified atom stereocenters. The molecule has 1 fully saturated rings. The van der Waals surface area contributed by atoms with E-state index >= 15 is 0 Å². The molecule has 0 spiro atoms. The van der Waals surface area contributed by atoms with Gasteiger partial charge in [0.05, 0.1) is 30.0 Å². The lowest BCUT2D eigenvalue weighted by atomic mass is 9.99. The molecular formula is C15H30O3. The van der Waals surface area contributed by atoms with Crippen LogP contribution in [-0.2, 0) is 14.2 Å². The van der Waals surface area contributed by atoms with E-state index in [1.807, 2.05) is 0 Å². The summed E-state index contributed by atoms with van der Waals surface area (Å²) in [4.78, 5) is 0. The lowest BCUT2D eigenvalue weighted by Crippen LogP contribution is -2.33.